The summed E-state index contributed by atoms with van der Waals surface area (Å²) in [5.41, 5.74) is 0.435. The van der Waals surface area contributed by atoms with Crippen molar-refractivity contribution >= 4 is 5.96 Å². The molecule has 3 fully saturated rings. The molecule has 0 aromatic carbocycles. The molecule has 0 amide bonds. The van der Waals surface area contributed by atoms with Gasteiger partial charge >= 0.3 is 0 Å². The zero-order valence-corrected chi connectivity index (χ0v) is 15.7. The van der Waals surface area contributed by atoms with Crippen molar-refractivity contribution in [3.05, 3.63) is 0 Å². The van der Waals surface area contributed by atoms with Crippen LogP contribution in [-0.4, -0.2) is 74.8 Å². The standard InChI is InChI=1S/C19H36N4O/c1-3-20-18(21-16-19(2)7-4-5-8-19)23-11-9-22(10-12-23)14-17-6-13-24-15-17/h17H,3-16H2,1-2H3,(H,20,21). The van der Waals surface area contributed by atoms with Crippen LogP contribution in [0.1, 0.15) is 46.0 Å². The summed E-state index contributed by atoms with van der Waals surface area (Å²) in [5.74, 6) is 1.88. The first-order chi connectivity index (χ1) is 11.7. The Hall–Kier alpha value is -0.810. The smallest absolute Gasteiger partial charge is 0.194 e. The third-order valence-electron chi connectivity index (χ3n) is 5.97. The number of hydrogen-bond donors (Lipinski definition) is 1. The van der Waals surface area contributed by atoms with Gasteiger partial charge in [0.25, 0.3) is 0 Å². The highest BCUT2D eigenvalue weighted by atomic mass is 16.5. The van der Waals surface area contributed by atoms with Gasteiger partial charge in [-0.05, 0) is 37.5 Å². The number of guanidine groups is 1. The SMILES string of the molecule is CCNC(=NCC1(C)CCCC1)N1CCN(CC2CCOC2)CC1. The number of piperazine rings is 1. The molecule has 2 heterocycles. The lowest BCUT2D eigenvalue weighted by molar-refractivity contribution is 0.139. The Morgan fingerprint density at radius 1 is 1.21 bits per heavy atom. The van der Waals surface area contributed by atoms with Crippen LogP contribution in [0.2, 0.25) is 0 Å². The number of aliphatic imine (C=N–C) groups is 1. The molecule has 2 aliphatic heterocycles. The molecule has 3 rings (SSSR count). The largest absolute Gasteiger partial charge is 0.381 e. The number of nitrogens with one attached hydrogen (secondary N) is 1. The van der Waals surface area contributed by atoms with Gasteiger partial charge in [-0.3, -0.25) is 9.89 Å². The third kappa shape index (κ3) is 4.85. The number of ether oxygens (including phenoxy) is 1. The Balaban J connectivity index is 1.49. The van der Waals surface area contributed by atoms with Crippen molar-refractivity contribution in [3.63, 3.8) is 0 Å². The molecule has 0 radical (unpaired) electrons. The molecule has 5 heteroatoms. The van der Waals surface area contributed by atoms with E-state index in [1.54, 1.807) is 0 Å². The van der Waals surface area contributed by atoms with E-state index in [2.05, 4.69) is 29.0 Å². The van der Waals surface area contributed by atoms with Crippen molar-refractivity contribution in [2.24, 2.45) is 16.3 Å². The highest BCUT2D eigenvalue weighted by molar-refractivity contribution is 5.80. The normalized spacial score (nSPS) is 28.5. The summed E-state index contributed by atoms with van der Waals surface area (Å²) >= 11 is 0. The molecule has 2 saturated heterocycles. The van der Waals surface area contributed by atoms with Crippen LogP contribution in [0.3, 0.4) is 0 Å². The molecule has 1 N–H and O–H groups in total. The van der Waals surface area contributed by atoms with E-state index in [-0.39, 0.29) is 0 Å². The molecule has 0 aromatic heterocycles. The summed E-state index contributed by atoms with van der Waals surface area (Å²) < 4.78 is 5.51. The average molecular weight is 337 g/mol. The van der Waals surface area contributed by atoms with Crippen LogP contribution in [-0.2, 0) is 4.74 Å². The lowest BCUT2D eigenvalue weighted by Crippen LogP contribution is -2.53. The summed E-state index contributed by atoms with van der Waals surface area (Å²) in [6.07, 6.45) is 6.68. The fourth-order valence-corrected chi connectivity index (χ4v) is 4.31. The van der Waals surface area contributed by atoms with Crippen molar-refractivity contribution in [1.82, 2.24) is 15.1 Å². The van der Waals surface area contributed by atoms with Crippen LogP contribution in [0.5, 0.6) is 0 Å². The van der Waals surface area contributed by atoms with E-state index in [0.717, 1.165) is 64.4 Å². The van der Waals surface area contributed by atoms with E-state index in [0.29, 0.717) is 5.41 Å². The summed E-state index contributed by atoms with van der Waals surface area (Å²) in [7, 11) is 0. The molecule has 3 aliphatic rings. The maximum atomic E-state index is 5.51. The molecule has 1 atom stereocenters. The Bertz CT molecular complexity index is 406. The predicted octanol–water partition coefficient (Wildman–Crippen LogP) is 2.19. The first-order valence-electron chi connectivity index (χ1n) is 10.0. The molecule has 0 aromatic rings. The minimum Gasteiger partial charge on any atom is -0.381 e. The topological polar surface area (TPSA) is 40.1 Å². The molecule has 138 valence electrons. The van der Waals surface area contributed by atoms with Gasteiger partial charge in [0.15, 0.2) is 5.96 Å². The lowest BCUT2D eigenvalue weighted by Gasteiger charge is -2.37. The van der Waals surface area contributed by atoms with Gasteiger partial charge in [-0.1, -0.05) is 19.8 Å². The van der Waals surface area contributed by atoms with Crippen LogP contribution in [0.25, 0.3) is 0 Å². The van der Waals surface area contributed by atoms with Crippen molar-refractivity contribution < 1.29 is 4.74 Å². The molecule has 1 unspecified atom stereocenters. The van der Waals surface area contributed by atoms with Crippen LogP contribution in [0.15, 0.2) is 4.99 Å². The quantitative estimate of drug-likeness (QED) is 0.617. The molecule has 5 nitrogen and oxygen atoms in total. The fraction of sp³-hybridized carbons (Fsp3) is 0.947. The second kappa shape index (κ2) is 8.52. The summed E-state index contributed by atoms with van der Waals surface area (Å²) in [6.45, 7) is 14.1. The van der Waals surface area contributed by atoms with E-state index in [4.69, 9.17) is 9.73 Å². The Morgan fingerprint density at radius 2 is 1.96 bits per heavy atom. The zero-order valence-electron chi connectivity index (χ0n) is 15.7. The maximum Gasteiger partial charge on any atom is 0.194 e. The van der Waals surface area contributed by atoms with Gasteiger partial charge in [0, 0.05) is 52.4 Å². The second-order valence-corrected chi connectivity index (χ2v) is 8.21. The number of nitrogens with zero attached hydrogens (tertiary/aromatic N) is 3. The van der Waals surface area contributed by atoms with E-state index in [1.807, 2.05) is 0 Å². The highest BCUT2D eigenvalue weighted by Gasteiger charge is 2.29. The Morgan fingerprint density at radius 3 is 2.58 bits per heavy atom. The number of hydrogen-bond acceptors (Lipinski definition) is 3. The van der Waals surface area contributed by atoms with E-state index < -0.39 is 0 Å². The van der Waals surface area contributed by atoms with E-state index >= 15 is 0 Å². The molecule has 0 spiro atoms. The molecule has 0 bridgehead atoms. The van der Waals surface area contributed by atoms with Gasteiger partial charge in [-0.15, -0.1) is 0 Å². The van der Waals surface area contributed by atoms with Gasteiger partial charge in [0.1, 0.15) is 0 Å². The summed E-state index contributed by atoms with van der Waals surface area (Å²) in [5, 5.41) is 3.52. The van der Waals surface area contributed by atoms with Crippen molar-refractivity contribution in [2.45, 2.75) is 46.0 Å². The van der Waals surface area contributed by atoms with E-state index in [1.165, 1.54) is 38.6 Å². The number of rotatable bonds is 5. The summed E-state index contributed by atoms with van der Waals surface area (Å²) in [4.78, 5) is 10.1. The fourth-order valence-electron chi connectivity index (χ4n) is 4.31. The van der Waals surface area contributed by atoms with Gasteiger partial charge in [0.2, 0.25) is 0 Å². The van der Waals surface area contributed by atoms with Crippen molar-refractivity contribution in [2.75, 3.05) is 59.0 Å². The Kier molecular flexibility index (Phi) is 6.39. The van der Waals surface area contributed by atoms with Gasteiger partial charge in [-0.25, -0.2) is 0 Å². The molecular weight excluding hydrogens is 300 g/mol. The first-order valence-corrected chi connectivity index (χ1v) is 10.0. The third-order valence-corrected chi connectivity index (χ3v) is 5.97. The highest BCUT2D eigenvalue weighted by Crippen LogP contribution is 2.37. The van der Waals surface area contributed by atoms with Gasteiger partial charge in [0.05, 0.1) is 6.61 Å². The Labute approximate surface area is 147 Å². The van der Waals surface area contributed by atoms with Crippen LogP contribution < -0.4 is 5.32 Å². The van der Waals surface area contributed by atoms with Crippen LogP contribution in [0, 0.1) is 11.3 Å². The van der Waals surface area contributed by atoms with E-state index in [9.17, 15) is 0 Å². The zero-order chi connectivity index (χ0) is 16.8. The minimum atomic E-state index is 0.435. The minimum absolute atomic E-state index is 0.435. The van der Waals surface area contributed by atoms with Crippen molar-refractivity contribution in [1.29, 1.82) is 0 Å². The molecule has 1 aliphatic carbocycles. The molecule has 24 heavy (non-hydrogen) atoms. The van der Waals surface area contributed by atoms with Gasteiger partial charge < -0.3 is 15.0 Å². The molecule has 1 saturated carbocycles. The average Bonchev–Trinajstić information content (AvgIpc) is 3.25. The monoisotopic (exact) mass is 336 g/mol. The summed E-state index contributed by atoms with van der Waals surface area (Å²) in [6, 6.07) is 0. The lowest BCUT2D eigenvalue weighted by atomic mass is 9.89. The van der Waals surface area contributed by atoms with Crippen molar-refractivity contribution in [3.8, 4) is 0 Å². The van der Waals surface area contributed by atoms with Crippen LogP contribution >= 0.6 is 0 Å². The van der Waals surface area contributed by atoms with Crippen LogP contribution in [0.4, 0.5) is 0 Å². The predicted molar refractivity (Wildman–Crippen MR) is 99.5 cm³/mol. The van der Waals surface area contributed by atoms with Gasteiger partial charge in [-0.2, -0.15) is 0 Å². The molecular formula is C19H36N4O. The first kappa shape index (κ1) is 18.0. The second-order valence-electron chi connectivity index (χ2n) is 8.21. The maximum absolute atomic E-state index is 5.51.